The molecule has 0 saturated carbocycles. The zero-order valence-electron chi connectivity index (χ0n) is 26.6. The number of ether oxygens (including phenoxy) is 6. The normalized spacial score (nSPS) is 20.2. The lowest BCUT2D eigenvalue weighted by atomic mass is 9.98. The monoisotopic (exact) mass is 660 g/mol. The maximum Gasteiger partial charge on any atom is 0.343 e. The average Bonchev–Trinajstić information content (AvgIpc) is 3.15. The van der Waals surface area contributed by atoms with Crippen molar-refractivity contribution in [1.82, 2.24) is 0 Å². The lowest BCUT2D eigenvalue weighted by Gasteiger charge is -2.43. The number of carbonyl (C=O) groups is 2. The van der Waals surface area contributed by atoms with Gasteiger partial charge in [0.15, 0.2) is 6.10 Å². The van der Waals surface area contributed by atoms with E-state index in [2.05, 4.69) is 0 Å². The summed E-state index contributed by atoms with van der Waals surface area (Å²) in [6.45, 7) is 0.539. The van der Waals surface area contributed by atoms with Crippen LogP contribution in [0, 0.1) is 0 Å². The minimum absolute atomic E-state index is 0.0546. The van der Waals surface area contributed by atoms with Crippen LogP contribution >= 0.6 is 0 Å². The van der Waals surface area contributed by atoms with Gasteiger partial charge in [0.05, 0.1) is 30.9 Å². The van der Waals surface area contributed by atoms with Crippen molar-refractivity contribution in [2.75, 3.05) is 6.61 Å². The third-order valence-corrected chi connectivity index (χ3v) is 7.84. The molecule has 0 aromatic heterocycles. The van der Waals surface area contributed by atoms with E-state index in [9.17, 15) is 14.7 Å². The lowest BCUT2D eigenvalue weighted by molar-refractivity contribution is -0.289. The first-order valence-corrected chi connectivity index (χ1v) is 15.9. The van der Waals surface area contributed by atoms with Crippen LogP contribution in [-0.2, 0) is 32.2 Å². The molecule has 5 atom stereocenters. The fourth-order valence-corrected chi connectivity index (χ4v) is 5.32. The van der Waals surface area contributed by atoms with Crippen LogP contribution in [0.5, 0.6) is 11.5 Å². The van der Waals surface area contributed by atoms with Crippen molar-refractivity contribution in [1.29, 1.82) is 0 Å². The van der Waals surface area contributed by atoms with Crippen LogP contribution in [0.4, 0.5) is 0 Å². The van der Waals surface area contributed by atoms with Crippen LogP contribution in [0.1, 0.15) is 31.8 Å². The van der Waals surface area contributed by atoms with Gasteiger partial charge in [-0.05, 0) is 59.7 Å². The number of aliphatic hydroxyl groups is 1. The molecule has 1 N–H and O–H groups in total. The maximum atomic E-state index is 13.3. The maximum absolute atomic E-state index is 13.3. The van der Waals surface area contributed by atoms with Crippen molar-refractivity contribution in [3.63, 3.8) is 0 Å². The SMILES string of the molecule is O=C(Oc1ccc(OC2OC(COCc3ccccc3)C(OCc3ccccc3)C(O)C2OC(=O)c2ccccc2)cc1)c1ccccc1. The summed E-state index contributed by atoms with van der Waals surface area (Å²) in [5.74, 6) is -0.532. The fourth-order valence-electron chi connectivity index (χ4n) is 5.32. The van der Waals surface area contributed by atoms with E-state index in [0.29, 0.717) is 29.2 Å². The Hall–Kier alpha value is -5.32. The molecule has 1 aliphatic rings. The van der Waals surface area contributed by atoms with Gasteiger partial charge in [0.2, 0.25) is 6.29 Å². The van der Waals surface area contributed by atoms with Crippen molar-refractivity contribution in [3.05, 3.63) is 168 Å². The number of benzene rings is 5. The molecule has 1 heterocycles. The van der Waals surface area contributed by atoms with E-state index in [1.165, 1.54) is 0 Å². The topological polar surface area (TPSA) is 110 Å². The predicted octanol–water partition coefficient (Wildman–Crippen LogP) is 6.40. The molecule has 5 aromatic carbocycles. The summed E-state index contributed by atoms with van der Waals surface area (Å²) in [5.41, 5.74) is 2.58. The Bertz CT molecular complexity index is 1750. The predicted molar refractivity (Wildman–Crippen MR) is 180 cm³/mol. The van der Waals surface area contributed by atoms with Gasteiger partial charge in [-0.1, -0.05) is 97.1 Å². The second-order valence-electron chi connectivity index (χ2n) is 11.4. The summed E-state index contributed by atoms with van der Waals surface area (Å²) in [7, 11) is 0. The van der Waals surface area contributed by atoms with Gasteiger partial charge >= 0.3 is 11.9 Å². The summed E-state index contributed by atoms with van der Waals surface area (Å²) in [4.78, 5) is 25.8. The van der Waals surface area contributed by atoms with Crippen molar-refractivity contribution >= 4 is 11.9 Å². The molecule has 0 spiro atoms. The van der Waals surface area contributed by atoms with Crippen molar-refractivity contribution in [2.45, 2.75) is 43.9 Å². The fraction of sp³-hybridized carbons (Fsp3) is 0.200. The first-order chi connectivity index (χ1) is 24.0. The standard InChI is InChI=1S/C40H36O9/c41-35-36(45-26-29-15-7-2-8-16-29)34(27-44-25-28-13-5-1-6-14-28)48-40(37(35)49-39(43)31-19-11-4-12-20-31)47-33-23-21-32(22-24-33)46-38(42)30-17-9-3-10-18-30/h1-24,34-37,40-41H,25-27H2. The van der Waals surface area contributed by atoms with Crippen molar-refractivity contribution in [2.24, 2.45) is 0 Å². The molecule has 49 heavy (non-hydrogen) atoms. The number of hydrogen-bond acceptors (Lipinski definition) is 9. The van der Waals surface area contributed by atoms with Gasteiger partial charge in [-0.15, -0.1) is 0 Å². The molecule has 0 amide bonds. The molecule has 1 saturated heterocycles. The highest BCUT2D eigenvalue weighted by Gasteiger charge is 2.49. The Morgan fingerprint density at radius 3 is 1.69 bits per heavy atom. The van der Waals surface area contributed by atoms with Crippen LogP contribution in [0.15, 0.2) is 146 Å². The van der Waals surface area contributed by atoms with Crippen molar-refractivity contribution in [3.8, 4) is 11.5 Å². The molecule has 9 heteroatoms. The van der Waals surface area contributed by atoms with Gasteiger partial charge in [-0.25, -0.2) is 9.59 Å². The molecular weight excluding hydrogens is 624 g/mol. The van der Waals surface area contributed by atoms with Gasteiger partial charge in [0, 0.05) is 0 Å². The third kappa shape index (κ3) is 9.19. The van der Waals surface area contributed by atoms with Gasteiger partial charge in [-0.3, -0.25) is 0 Å². The molecule has 0 aliphatic carbocycles. The second kappa shape index (κ2) is 16.7. The first kappa shape index (κ1) is 33.6. The summed E-state index contributed by atoms with van der Waals surface area (Å²) in [6, 6.07) is 42.7. The van der Waals surface area contributed by atoms with Crippen LogP contribution in [0.25, 0.3) is 0 Å². The number of rotatable bonds is 13. The van der Waals surface area contributed by atoms with Crippen molar-refractivity contribution < 1.29 is 43.1 Å². The van der Waals surface area contributed by atoms with E-state index in [1.807, 2.05) is 66.7 Å². The van der Waals surface area contributed by atoms with E-state index in [0.717, 1.165) is 11.1 Å². The van der Waals surface area contributed by atoms with Gasteiger partial charge < -0.3 is 33.5 Å². The minimum Gasteiger partial charge on any atom is -0.461 e. The van der Waals surface area contributed by atoms with Crippen LogP contribution in [0.2, 0.25) is 0 Å². The number of aliphatic hydroxyl groups excluding tert-OH is 1. The third-order valence-electron chi connectivity index (χ3n) is 7.84. The number of hydrogen-bond donors (Lipinski definition) is 1. The molecule has 9 nitrogen and oxygen atoms in total. The van der Waals surface area contributed by atoms with Gasteiger partial charge in [-0.2, -0.15) is 0 Å². The molecule has 0 bridgehead atoms. The Morgan fingerprint density at radius 2 is 1.10 bits per heavy atom. The first-order valence-electron chi connectivity index (χ1n) is 15.9. The minimum atomic E-state index is -1.36. The van der Waals surface area contributed by atoms with E-state index < -0.39 is 42.6 Å². The Morgan fingerprint density at radius 1 is 0.592 bits per heavy atom. The number of esters is 2. The number of carbonyl (C=O) groups excluding carboxylic acids is 2. The largest absolute Gasteiger partial charge is 0.461 e. The molecular formula is C40H36O9. The molecule has 1 aliphatic heterocycles. The molecule has 5 unspecified atom stereocenters. The summed E-state index contributed by atoms with van der Waals surface area (Å²) >= 11 is 0. The smallest absolute Gasteiger partial charge is 0.343 e. The molecule has 5 aromatic rings. The Balaban J connectivity index is 1.22. The van der Waals surface area contributed by atoms with E-state index in [-0.39, 0.29) is 13.2 Å². The van der Waals surface area contributed by atoms with Gasteiger partial charge in [0.25, 0.3) is 0 Å². The Labute approximate surface area is 284 Å². The zero-order valence-corrected chi connectivity index (χ0v) is 26.6. The highest BCUT2D eigenvalue weighted by molar-refractivity contribution is 5.91. The molecule has 1 fully saturated rings. The molecule has 6 rings (SSSR count). The summed E-state index contributed by atoms with van der Waals surface area (Å²) < 4.78 is 36.3. The van der Waals surface area contributed by atoms with Crippen LogP contribution < -0.4 is 9.47 Å². The molecule has 250 valence electrons. The highest BCUT2D eigenvalue weighted by Crippen LogP contribution is 2.31. The second-order valence-corrected chi connectivity index (χ2v) is 11.4. The summed E-state index contributed by atoms with van der Waals surface area (Å²) in [5, 5.41) is 11.8. The van der Waals surface area contributed by atoms with E-state index >= 15 is 0 Å². The summed E-state index contributed by atoms with van der Waals surface area (Å²) in [6.07, 6.45) is -5.63. The van der Waals surface area contributed by atoms with Crippen LogP contribution in [-0.4, -0.2) is 54.4 Å². The van der Waals surface area contributed by atoms with Gasteiger partial charge in [0.1, 0.15) is 29.8 Å². The molecule has 0 radical (unpaired) electrons. The van der Waals surface area contributed by atoms with E-state index in [1.54, 1.807) is 78.9 Å². The average molecular weight is 661 g/mol. The lowest BCUT2D eigenvalue weighted by Crippen LogP contribution is -2.62. The highest BCUT2D eigenvalue weighted by atomic mass is 16.7. The van der Waals surface area contributed by atoms with E-state index in [4.69, 9.17) is 28.4 Å². The Kier molecular flexibility index (Phi) is 11.4. The van der Waals surface area contributed by atoms with Crippen LogP contribution in [0.3, 0.4) is 0 Å². The zero-order chi connectivity index (χ0) is 33.8. The quantitative estimate of drug-likeness (QED) is 0.113.